The molecule has 18 heavy (non-hydrogen) atoms. The molecule has 0 amide bonds. The van der Waals surface area contributed by atoms with Gasteiger partial charge in [-0.25, -0.2) is 9.97 Å². The van der Waals surface area contributed by atoms with Crippen LogP contribution >= 0.6 is 66.1 Å². The van der Waals surface area contributed by atoms with Crippen LogP contribution in [0.2, 0.25) is 5.15 Å². The Bertz CT molecular complexity index is 572. The van der Waals surface area contributed by atoms with E-state index in [4.69, 9.17) is 20.8 Å². The van der Waals surface area contributed by atoms with Crippen molar-refractivity contribution in [3.8, 4) is 11.6 Å². The van der Waals surface area contributed by atoms with E-state index >= 15 is 0 Å². The number of aromatic nitrogens is 2. The summed E-state index contributed by atoms with van der Waals surface area (Å²) in [5, 5.41) is 0.385. The van der Waals surface area contributed by atoms with Crippen LogP contribution in [-0.4, -0.2) is 17.1 Å². The topological polar surface area (TPSA) is 48.2 Å². The molecular formula is C10H6Br2ClIN2O2. The normalized spacial score (nSPS) is 10.9. The molecule has 0 N–H and O–H groups in total. The zero-order valence-corrected chi connectivity index (χ0v) is 15.1. The lowest BCUT2D eigenvalue weighted by molar-refractivity contribution is 0.181. The SMILES string of the molecule is COCc1nc(-c2cc(Br)c(Br)o2)nc(Cl)c1I. The number of hydrogen-bond acceptors (Lipinski definition) is 4. The first-order chi connectivity index (χ1) is 8.52. The van der Waals surface area contributed by atoms with Gasteiger partial charge in [0.05, 0.1) is 20.3 Å². The smallest absolute Gasteiger partial charge is 0.197 e. The summed E-state index contributed by atoms with van der Waals surface area (Å²) in [5.74, 6) is 0.961. The molecule has 0 aromatic carbocycles. The largest absolute Gasteiger partial charge is 0.445 e. The predicted molar refractivity (Wildman–Crippen MR) is 83.6 cm³/mol. The maximum Gasteiger partial charge on any atom is 0.197 e. The number of ether oxygens (including phenoxy) is 1. The van der Waals surface area contributed by atoms with Crippen LogP contribution in [0.25, 0.3) is 11.6 Å². The van der Waals surface area contributed by atoms with E-state index < -0.39 is 0 Å². The average Bonchev–Trinajstić information content (AvgIpc) is 2.65. The summed E-state index contributed by atoms with van der Waals surface area (Å²) < 4.78 is 12.7. The van der Waals surface area contributed by atoms with Crippen molar-refractivity contribution in [1.82, 2.24) is 9.97 Å². The molecule has 0 aliphatic carbocycles. The van der Waals surface area contributed by atoms with Gasteiger partial charge < -0.3 is 9.15 Å². The molecule has 0 spiro atoms. The van der Waals surface area contributed by atoms with Crippen LogP contribution in [0, 0.1) is 3.57 Å². The molecule has 2 aromatic rings. The fourth-order valence-electron chi connectivity index (χ4n) is 1.26. The van der Waals surface area contributed by atoms with Gasteiger partial charge in [0.2, 0.25) is 0 Å². The van der Waals surface area contributed by atoms with Crippen LogP contribution in [0.15, 0.2) is 19.6 Å². The van der Waals surface area contributed by atoms with Crippen LogP contribution in [0.3, 0.4) is 0 Å². The Morgan fingerprint density at radius 1 is 1.44 bits per heavy atom. The molecule has 4 nitrogen and oxygen atoms in total. The lowest BCUT2D eigenvalue weighted by Gasteiger charge is -2.05. The number of rotatable bonds is 3. The van der Waals surface area contributed by atoms with Crippen molar-refractivity contribution < 1.29 is 9.15 Å². The summed E-state index contributed by atoms with van der Waals surface area (Å²) in [5.41, 5.74) is 0.733. The van der Waals surface area contributed by atoms with Gasteiger partial charge in [-0.1, -0.05) is 11.6 Å². The molecule has 0 atom stereocenters. The van der Waals surface area contributed by atoms with Crippen molar-refractivity contribution in [2.75, 3.05) is 7.11 Å². The minimum Gasteiger partial charge on any atom is -0.445 e. The minimum atomic E-state index is 0.372. The average molecular weight is 508 g/mol. The Balaban J connectivity index is 2.51. The molecule has 2 aromatic heterocycles. The highest BCUT2D eigenvalue weighted by Gasteiger charge is 2.16. The van der Waals surface area contributed by atoms with E-state index in [0.717, 1.165) is 13.7 Å². The second-order valence-corrected chi connectivity index (χ2v) is 6.28. The van der Waals surface area contributed by atoms with Crippen LogP contribution < -0.4 is 0 Å². The van der Waals surface area contributed by atoms with E-state index in [1.807, 2.05) is 0 Å². The molecule has 2 heterocycles. The molecule has 2 rings (SSSR count). The van der Waals surface area contributed by atoms with Crippen molar-refractivity contribution in [3.05, 3.63) is 29.6 Å². The molecule has 0 saturated carbocycles. The summed E-state index contributed by atoms with van der Waals surface area (Å²) in [6.45, 7) is 0.372. The zero-order valence-electron chi connectivity index (χ0n) is 9.01. The van der Waals surface area contributed by atoms with Crippen molar-refractivity contribution in [1.29, 1.82) is 0 Å². The molecule has 0 aliphatic rings. The van der Waals surface area contributed by atoms with Crippen LogP contribution in [-0.2, 0) is 11.3 Å². The number of halogens is 4. The van der Waals surface area contributed by atoms with E-state index in [9.17, 15) is 0 Å². The Morgan fingerprint density at radius 3 is 2.72 bits per heavy atom. The van der Waals surface area contributed by atoms with Crippen LogP contribution in [0.1, 0.15) is 5.69 Å². The zero-order chi connectivity index (χ0) is 13.3. The minimum absolute atomic E-state index is 0.372. The summed E-state index contributed by atoms with van der Waals surface area (Å²) >= 11 is 14.8. The summed E-state index contributed by atoms with van der Waals surface area (Å²) in [6, 6.07) is 1.78. The van der Waals surface area contributed by atoms with Gasteiger partial charge in [-0.15, -0.1) is 0 Å². The highest BCUT2D eigenvalue weighted by Crippen LogP contribution is 2.32. The van der Waals surface area contributed by atoms with Crippen molar-refractivity contribution in [2.24, 2.45) is 0 Å². The molecule has 0 bridgehead atoms. The van der Waals surface area contributed by atoms with Gasteiger partial charge in [-0.3, -0.25) is 0 Å². The second-order valence-electron chi connectivity index (χ2n) is 3.26. The number of nitrogens with zero attached hydrogens (tertiary/aromatic N) is 2. The first-order valence-corrected chi connectivity index (χ1v) is 7.73. The fourth-order valence-corrected chi connectivity index (χ4v) is 2.43. The van der Waals surface area contributed by atoms with Gasteiger partial charge in [-0.05, 0) is 54.5 Å². The lowest BCUT2D eigenvalue weighted by Crippen LogP contribution is -2.01. The quantitative estimate of drug-likeness (QED) is 0.447. The fraction of sp³-hybridized carbons (Fsp3) is 0.200. The van der Waals surface area contributed by atoms with Crippen LogP contribution in [0.5, 0.6) is 0 Å². The first-order valence-electron chi connectivity index (χ1n) is 4.69. The van der Waals surface area contributed by atoms with Gasteiger partial charge in [0.1, 0.15) is 5.15 Å². The number of hydrogen-bond donors (Lipinski definition) is 0. The van der Waals surface area contributed by atoms with Crippen LogP contribution in [0.4, 0.5) is 0 Å². The summed E-state index contributed by atoms with van der Waals surface area (Å²) in [6.07, 6.45) is 0. The molecule has 8 heteroatoms. The third-order valence-electron chi connectivity index (χ3n) is 2.03. The molecule has 0 radical (unpaired) electrons. The molecular weight excluding hydrogens is 502 g/mol. The maximum atomic E-state index is 6.07. The van der Waals surface area contributed by atoms with E-state index in [2.05, 4.69) is 64.4 Å². The lowest BCUT2D eigenvalue weighted by atomic mass is 10.3. The molecule has 0 unspecified atom stereocenters. The van der Waals surface area contributed by atoms with E-state index in [1.165, 1.54) is 0 Å². The number of methoxy groups -OCH3 is 1. The van der Waals surface area contributed by atoms with Gasteiger partial charge >= 0.3 is 0 Å². The second kappa shape index (κ2) is 6.17. The Hall–Kier alpha value is 0.300. The third kappa shape index (κ3) is 3.06. The third-order valence-corrected chi connectivity index (χ3v) is 5.46. The first kappa shape index (κ1) is 14.7. The number of furan rings is 1. The van der Waals surface area contributed by atoms with E-state index in [1.54, 1.807) is 13.2 Å². The van der Waals surface area contributed by atoms with Crippen molar-refractivity contribution in [3.63, 3.8) is 0 Å². The Kier molecular flexibility index (Phi) is 5.04. The maximum absolute atomic E-state index is 6.07. The van der Waals surface area contributed by atoms with Gasteiger partial charge in [0, 0.05) is 13.2 Å². The van der Waals surface area contributed by atoms with Gasteiger partial charge in [0.25, 0.3) is 0 Å². The Labute approximate surface area is 139 Å². The predicted octanol–water partition coefficient (Wildman–Crippen LogP) is 4.67. The molecule has 0 saturated heterocycles. The summed E-state index contributed by atoms with van der Waals surface area (Å²) in [7, 11) is 1.60. The summed E-state index contributed by atoms with van der Waals surface area (Å²) in [4.78, 5) is 8.58. The van der Waals surface area contributed by atoms with Crippen molar-refractivity contribution >= 4 is 66.1 Å². The monoisotopic (exact) mass is 506 g/mol. The van der Waals surface area contributed by atoms with Crippen molar-refractivity contribution in [2.45, 2.75) is 6.61 Å². The highest BCUT2D eigenvalue weighted by atomic mass is 127. The Morgan fingerprint density at radius 2 is 2.17 bits per heavy atom. The standard InChI is InChI=1S/C10H6Br2ClIN2O2/c1-17-3-5-7(14)9(13)16-10(15-5)6-2-4(11)8(12)18-6/h2H,3H2,1H3. The van der Waals surface area contributed by atoms with Gasteiger partial charge in [-0.2, -0.15) is 0 Å². The molecule has 0 aliphatic heterocycles. The van der Waals surface area contributed by atoms with Gasteiger partial charge in [0.15, 0.2) is 16.3 Å². The van der Waals surface area contributed by atoms with E-state index in [-0.39, 0.29) is 0 Å². The van der Waals surface area contributed by atoms with E-state index in [0.29, 0.717) is 28.0 Å². The highest BCUT2D eigenvalue weighted by molar-refractivity contribution is 14.1. The molecule has 0 fully saturated rings. The molecule has 96 valence electrons.